The van der Waals surface area contributed by atoms with Crippen LogP contribution >= 0.6 is 69.9 Å². The van der Waals surface area contributed by atoms with Crippen LogP contribution in [-0.4, -0.2) is 139 Å². The highest BCUT2D eigenvalue weighted by Crippen LogP contribution is 2.58. The zero-order valence-corrected chi connectivity index (χ0v) is 50.3. The third-order valence-corrected chi connectivity index (χ3v) is 18.1. The van der Waals surface area contributed by atoms with Gasteiger partial charge in [0, 0.05) is 66.2 Å². The lowest BCUT2D eigenvalue weighted by Gasteiger charge is -2.37. The van der Waals surface area contributed by atoms with Gasteiger partial charge in [-0.05, 0) is 139 Å². The number of carbonyl (C=O) groups excluding carboxylic acids is 3. The van der Waals surface area contributed by atoms with Crippen molar-refractivity contribution in [2.24, 2.45) is 21.8 Å². The van der Waals surface area contributed by atoms with Gasteiger partial charge in [0.25, 0.3) is 5.91 Å². The van der Waals surface area contributed by atoms with Crippen molar-refractivity contribution >= 4 is 104 Å². The normalized spacial score (nSPS) is 25.9. The molecule has 79 heavy (non-hydrogen) atoms. The van der Waals surface area contributed by atoms with Crippen molar-refractivity contribution < 1.29 is 34.5 Å². The minimum atomic E-state index is -0.918. The van der Waals surface area contributed by atoms with Crippen LogP contribution in [0.2, 0.25) is 20.1 Å². The average molecular weight is 1190 g/mol. The second-order valence-electron chi connectivity index (χ2n) is 21.5. The molecule has 4 aromatic carbocycles. The monoisotopic (exact) mass is 1190 g/mol. The molecule has 6 aliphatic heterocycles. The van der Waals surface area contributed by atoms with E-state index >= 15 is 0 Å². The van der Waals surface area contributed by atoms with E-state index in [4.69, 9.17) is 56.4 Å². The topological polar surface area (TPSA) is 182 Å². The molecule has 4 N–H and O–H groups in total. The lowest BCUT2D eigenvalue weighted by Crippen LogP contribution is -2.50. The third kappa shape index (κ3) is 11.9. The molecule has 0 radical (unpaired) electrons. The number of carboxylic acid groups (broad SMARTS) is 1. The summed E-state index contributed by atoms with van der Waals surface area (Å²) in [6, 6.07) is 29.1. The number of benzene rings is 4. The van der Waals surface area contributed by atoms with E-state index in [2.05, 4.69) is 42.8 Å². The maximum atomic E-state index is 14.1. The minimum absolute atomic E-state index is 0.0120. The summed E-state index contributed by atoms with van der Waals surface area (Å²) in [7, 11) is 6.65. The number of likely N-dealkylation sites (N-methyl/N-ethyl adjacent to an activating group) is 2. The van der Waals surface area contributed by atoms with Crippen LogP contribution in [0, 0.1) is 11.8 Å². The van der Waals surface area contributed by atoms with Crippen LogP contribution in [0.3, 0.4) is 0 Å². The number of fused-ring (bicyclic) bond motifs is 2. The quantitative estimate of drug-likeness (QED) is 0.118. The second-order valence-corrected chi connectivity index (χ2v) is 25.2. The number of thioether (sulfide) groups is 2. The fourth-order valence-corrected chi connectivity index (χ4v) is 14.2. The number of allylic oxidation sites excluding steroid dienone is 2. The Morgan fingerprint density at radius 2 is 1.00 bits per heavy atom. The van der Waals surface area contributed by atoms with Crippen molar-refractivity contribution in [2.45, 2.75) is 102 Å². The molecule has 21 heteroatoms. The van der Waals surface area contributed by atoms with E-state index in [0.29, 0.717) is 54.5 Å². The number of amides is 3. The number of hydrogen-bond donors (Lipinski definition) is 4. The molecule has 15 nitrogen and oxygen atoms in total. The van der Waals surface area contributed by atoms with Gasteiger partial charge in [0.2, 0.25) is 11.8 Å². The molecule has 2 saturated heterocycles. The van der Waals surface area contributed by atoms with Crippen LogP contribution in [0.4, 0.5) is 0 Å². The first kappa shape index (κ1) is 60.0. The molecule has 10 rings (SSSR count). The number of amidine groups is 2. The highest BCUT2D eigenvalue weighted by Gasteiger charge is 2.56. The van der Waals surface area contributed by atoms with Crippen molar-refractivity contribution in [1.29, 1.82) is 0 Å². The Balaban J connectivity index is 0.000000179. The van der Waals surface area contributed by atoms with E-state index in [9.17, 15) is 34.5 Å². The fraction of sp³-hybridized carbons (Fsp3) is 0.414. The molecule has 0 aliphatic carbocycles. The molecular formula is C58H66Cl4N8O7S2. The first-order valence-electron chi connectivity index (χ1n) is 26.0. The Bertz CT molecular complexity index is 3100. The summed E-state index contributed by atoms with van der Waals surface area (Å²) in [5.74, 6) is -1.48. The van der Waals surface area contributed by atoms with E-state index in [0.717, 1.165) is 45.4 Å². The molecule has 4 aromatic rings. The lowest BCUT2D eigenvalue weighted by atomic mass is 9.81. The van der Waals surface area contributed by atoms with Gasteiger partial charge in [-0.25, -0.2) is 14.8 Å². The van der Waals surface area contributed by atoms with Crippen molar-refractivity contribution in [3.05, 3.63) is 161 Å². The zero-order chi connectivity index (χ0) is 57.6. The summed E-state index contributed by atoms with van der Waals surface area (Å²) >= 11 is 27.3. The van der Waals surface area contributed by atoms with Gasteiger partial charge < -0.3 is 45.1 Å². The van der Waals surface area contributed by atoms with Crippen LogP contribution in [-0.2, 0) is 30.3 Å². The van der Waals surface area contributed by atoms with Crippen LogP contribution in [0.15, 0.2) is 128 Å². The molecule has 3 amide bonds. The Morgan fingerprint density at radius 3 is 1.37 bits per heavy atom. The number of hydrogen-bond acceptors (Lipinski definition) is 13. The minimum Gasteiger partial charge on any atom is -0.477 e. The molecular weight excluding hydrogens is 1130 g/mol. The largest absolute Gasteiger partial charge is 0.477 e. The number of carbonyl (C=O) groups is 4. The molecule has 0 saturated carbocycles. The van der Waals surface area contributed by atoms with Gasteiger partial charge in [-0.1, -0.05) is 123 Å². The second kappa shape index (κ2) is 24.2. The van der Waals surface area contributed by atoms with Crippen LogP contribution in [0.25, 0.3) is 0 Å². The van der Waals surface area contributed by atoms with E-state index in [-0.39, 0.29) is 47.7 Å². The SMILES string of the molecule is CC(C)C1=C(C(=O)N2CC[C@H](O)[C@H]2C(=O)N(C)C)SC2=NC(C)(c3ccc(Cl)cc3)C(c3ccc(Cl)cc3)N21.CC(C)C1=C(C(=O)O)SC2=NC(C)(c3ccc(Cl)cc3)C(c3ccc(Cl)cc3)N21.CN(C)C(=O)[C@H]1NCC[C@@H]1O. The number of halogens is 4. The van der Waals surface area contributed by atoms with E-state index in [1.807, 2.05) is 111 Å². The highest BCUT2D eigenvalue weighted by molar-refractivity contribution is 8.18. The molecule has 0 spiro atoms. The molecule has 6 heterocycles. The van der Waals surface area contributed by atoms with Gasteiger partial charge in [-0.3, -0.25) is 14.4 Å². The number of aliphatic imine (C=N–C) groups is 2. The van der Waals surface area contributed by atoms with Crippen LogP contribution < -0.4 is 5.32 Å². The van der Waals surface area contributed by atoms with E-state index < -0.39 is 35.3 Å². The molecule has 4 unspecified atom stereocenters. The first-order chi connectivity index (χ1) is 37.3. The molecule has 0 bridgehead atoms. The Kier molecular flexibility index (Phi) is 18.4. The average Bonchev–Trinajstić information content (AvgIpc) is 4.38. The maximum Gasteiger partial charge on any atom is 0.344 e. The van der Waals surface area contributed by atoms with Gasteiger partial charge in [-0.15, -0.1) is 0 Å². The Labute approximate surface area is 490 Å². The smallest absolute Gasteiger partial charge is 0.344 e. The molecule has 0 aromatic heterocycles. The fourth-order valence-electron chi connectivity index (χ4n) is 11.0. The van der Waals surface area contributed by atoms with E-state index in [1.165, 1.54) is 38.2 Å². The number of nitrogens with one attached hydrogen (secondary N) is 1. The first-order valence-corrected chi connectivity index (χ1v) is 29.1. The maximum absolute atomic E-state index is 14.1. The lowest BCUT2D eigenvalue weighted by molar-refractivity contribution is -0.142. The van der Waals surface area contributed by atoms with Crippen molar-refractivity contribution in [3.8, 4) is 0 Å². The number of rotatable bonds is 10. The number of nitrogens with zero attached hydrogens (tertiary/aromatic N) is 7. The standard InChI is InChI=1S/C29H32Cl2N4O3S.C22H20Cl2N2O2S.C7H14N2O2/c1-16(2)22-24(27(38)34-15-14-21(36)23(34)26(37)33(4)5)39-28-32-29(3,18-8-12-20(31)13-9-18)25(35(22)28)17-6-10-19(30)11-7-17;1-12(2)17-18(20(27)28)29-21-25-22(3,14-6-10-16(24)11-7-14)19(26(17)21)13-4-8-15(23)9-5-13;1-9(2)7(11)6-5(10)3-4-8-6/h6-13,16,21,23,25,36H,14-15H2,1-5H3;4-12,19H,1-3H3,(H,27,28);5-6,8,10H,3-4H2,1-2H3/t21-,23-,25?,29?;;5-,6-/m0.0/s1. The summed E-state index contributed by atoms with van der Waals surface area (Å²) in [5, 5.41) is 36.7. The molecule has 8 atom stereocenters. The predicted molar refractivity (Wildman–Crippen MR) is 317 cm³/mol. The zero-order valence-electron chi connectivity index (χ0n) is 45.6. The summed E-state index contributed by atoms with van der Waals surface area (Å²) in [6.45, 7) is 13.4. The summed E-state index contributed by atoms with van der Waals surface area (Å²) in [4.78, 5) is 70.1. The van der Waals surface area contributed by atoms with Crippen molar-refractivity contribution in [2.75, 3.05) is 41.3 Å². The number of likely N-dealkylation sites (tertiary alicyclic amines) is 1. The third-order valence-electron chi connectivity index (χ3n) is 14.9. The van der Waals surface area contributed by atoms with Gasteiger partial charge in [-0.2, -0.15) is 0 Å². The number of aliphatic hydroxyl groups is 2. The van der Waals surface area contributed by atoms with Crippen LogP contribution in [0.5, 0.6) is 0 Å². The predicted octanol–water partition coefficient (Wildman–Crippen LogP) is 10.4. The Hall–Kier alpha value is -5.08. The molecule has 2 fully saturated rings. The summed E-state index contributed by atoms with van der Waals surface area (Å²) in [5.41, 5.74) is 4.44. The number of carboxylic acids is 1. The summed E-state index contributed by atoms with van der Waals surface area (Å²) in [6.07, 6.45) is -0.377. The van der Waals surface area contributed by atoms with Gasteiger partial charge in [0.05, 0.1) is 24.3 Å². The van der Waals surface area contributed by atoms with E-state index in [1.54, 1.807) is 28.2 Å². The number of aliphatic hydroxyl groups excluding tert-OH is 2. The van der Waals surface area contributed by atoms with Crippen molar-refractivity contribution in [3.63, 3.8) is 0 Å². The molecule has 420 valence electrons. The highest BCUT2D eigenvalue weighted by atomic mass is 35.5. The summed E-state index contributed by atoms with van der Waals surface area (Å²) < 4.78 is 0. The Morgan fingerprint density at radius 1 is 0.608 bits per heavy atom. The van der Waals surface area contributed by atoms with Gasteiger partial charge >= 0.3 is 5.97 Å². The van der Waals surface area contributed by atoms with Gasteiger partial charge in [0.15, 0.2) is 10.3 Å². The van der Waals surface area contributed by atoms with Crippen molar-refractivity contribution in [1.82, 2.24) is 29.8 Å². The van der Waals surface area contributed by atoms with Gasteiger partial charge in [0.1, 0.15) is 33.0 Å². The number of aliphatic carboxylic acids is 1. The molecule has 6 aliphatic rings. The van der Waals surface area contributed by atoms with Crippen LogP contribution in [0.1, 0.15) is 88.7 Å².